The molecule has 32 nitrogen and oxygen atoms in total. The van der Waals surface area contributed by atoms with Crippen LogP contribution in [0.4, 0.5) is 13.2 Å². The van der Waals surface area contributed by atoms with Crippen molar-refractivity contribution in [1.29, 1.82) is 0 Å². The molecule has 15 aromatic rings. The van der Waals surface area contributed by atoms with Crippen molar-refractivity contribution >= 4 is 95.3 Å². The molecule has 660 valence electrons. The normalized spacial score (nSPS) is 21.6. The number of aliphatic hydroxyl groups excluding tert-OH is 6. The lowest BCUT2D eigenvalue weighted by Gasteiger charge is -2.38. The van der Waals surface area contributed by atoms with E-state index in [0.29, 0.717) is 85.7 Å². The zero-order chi connectivity index (χ0) is 89.6. The van der Waals surface area contributed by atoms with Gasteiger partial charge in [-0.05, 0) is 197 Å². The molecule has 128 heavy (non-hydrogen) atoms. The number of aromatic amines is 1. The van der Waals surface area contributed by atoms with Gasteiger partial charge in [0.1, 0.15) is 54.1 Å². The van der Waals surface area contributed by atoms with Gasteiger partial charge < -0.3 is 93.6 Å². The summed E-state index contributed by atoms with van der Waals surface area (Å²) >= 11 is 0. The molecule has 2 unspecified atom stereocenters. The molecule has 12 N–H and O–H groups in total. The summed E-state index contributed by atoms with van der Waals surface area (Å²) in [7, 11) is 0. The molecule has 5 aliphatic heterocycles. The van der Waals surface area contributed by atoms with Crippen LogP contribution in [0.5, 0.6) is 0 Å². The van der Waals surface area contributed by atoms with E-state index in [9.17, 15) is 93.3 Å². The number of fused-ring (bicyclic) bond motifs is 6. The Morgan fingerprint density at radius 3 is 1.27 bits per heavy atom. The molecule has 5 fully saturated rings. The zero-order valence-corrected chi connectivity index (χ0v) is 68.5. The number of aliphatic carboxylic acids is 3. The highest BCUT2D eigenvalue weighted by Gasteiger charge is 2.50. The molecule has 0 saturated carbocycles. The minimum atomic E-state index is -1.86. The maximum atomic E-state index is 14.1. The highest BCUT2D eigenvalue weighted by molar-refractivity contribution is 6.09. The third-order valence-corrected chi connectivity index (χ3v) is 25.0. The molecule has 5 aliphatic rings. The Hall–Kier alpha value is -13.3. The average molecular weight is 1750 g/mol. The van der Waals surface area contributed by atoms with Crippen LogP contribution in [-0.2, 0) is 43.6 Å². The summed E-state index contributed by atoms with van der Waals surface area (Å²) in [4.78, 5) is 58.7. The van der Waals surface area contributed by atoms with Crippen LogP contribution in [0.1, 0.15) is 120 Å². The van der Waals surface area contributed by atoms with Gasteiger partial charge in [-0.25, -0.2) is 46.5 Å². The van der Waals surface area contributed by atoms with Crippen molar-refractivity contribution in [2.24, 2.45) is 0 Å². The lowest BCUT2D eigenvalue weighted by atomic mass is 9.89. The summed E-state index contributed by atoms with van der Waals surface area (Å²) < 4.78 is 80.6. The second-order valence-corrected chi connectivity index (χ2v) is 33.1. The van der Waals surface area contributed by atoms with Gasteiger partial charge in [0.25, 0.3) is 0 Å². The molecule has 0 spiro atoms. The topological polar surface area (TPSA) is 451 Å². The molecule has 12 heterocycles. The second kappa shape index (κ2) is 34.5. The smallest absolute Gasteiger partial charge is 0.335 e. The van der Waals surface area contributed by atoms with E-state index in [0.717, 1.165) is 125 Å². The van der Waals surface area contributed by atoms with Crippen LogP contribution in [-0.4, -0.2) is 228 Å². The average Bonchev–Trinajstić information content (AvgIpc) is 1.57. The predicted octanol–water partition coefficient (Wildman–Crippen LogP) is 12.1. The van der Waals surface area contributed by atoms with Gasteiger partial charge in [0, 0.05) is 159 Å². The molecule has 0 bridgehead atoms. The van der Waals surface area contributed by atoms with Crippen molar-refractivity contribution in [3.8, 4) is 50.4 Å². The maximum Gasteiger partial charge on any atom is 0.335 e. The maximum absolute atomic E-state index is 14.1. The van der Waals surface area contributed by atoms with E-state index in [1.54, 1.807) is 111 Å². The first-order valence-corrected chi connectivity index (χ1v) is 41.6. The van der Waals surface area contributed by atoms with Crippen molar-refractivity contribution in [3.63, 3.8) is 0 Å². The van der Waals surface area contributed by atoms with Gasteiger partial charge in [0.15, 0.2) is 30.2 Å². The molecular formula is C93H86F3N11O21. The zero-order valence-electron chi connectivity index (χ0n) is 68.5. The Kier molecular flexibility index (Phi) is 23.0. The number of carbonyl (C=O) groups is 5. The van der Waals surface area contributed by atoms with E-state index in [1.807, 2.05) is 24.3 Å². The molecule has 20 rings (SSSR count). The first-order chi connectivity index (χ1) is 61.6. The summed E-state index contributed by atoms with van der Waals surface area (Å²) in [6.45, 7) is 6.77. The summed E-state index contributed by atoms with van der Waals surface area (Å²) in [6.07, 6.45) is -4.15. The van der Waals surface area contributed by atoms with Gasteiger partial charge in [0.05, 0.1) is 62.8 Å². The molecule has 7 aromatic heterocycles. The Morgan fingerprint density at radius 2 is 0.828 bits per heavy atom. The highest BCUT2D eigenvalue weighted by Crippen LogP contribution is 2.50. The van der Waals surface area contributed by atoms with Gasteiger partial charge in [-0.1, -0.05) is 24.3 Å². The number of hydrogen-bond acceptors (Lipinski definition) is 20. The van der Waals surface area contributed by atoms with Crippen molar-refractivity contribution in [1.82, 2.24) is 53.2 Å². The molecule has 0 radical (unpaired) electrons. The Morgan fingerprint density at radius 1 is 0.422 bits per heavy atom. The van der Waals surface area contributed by atoms with Gasteiger partial charge in [-0.3, -0.25) is 9.78 Å². The van der Waals surface area contributed by atoms with Crippen LogP contribution in [0.3, 0.4) is 0 Å². The van der Waals surface area contributed by atoms with Crippen LogP contribution in [0.2, 0.25) is 0 Å². The van der Waals surface area contributed by atoms with E-state index in [2.05, 4.69) is 51.3 Å². The number of hydrogen-bond donors (Lipinski definition) is 12. The minimum absolute atomic E-state index is 0.0245. The third kappa shape index (κ3) is 15.6. The van der Waals surface area contributed by atoms with Gasteiger partial charge in [0.2, 0.25) is 0 Å². The van der Waals surface area contributed by atoms with Crippen molar-refractivity contribution in [2.45, 2.75) is 137 Å². The SMILES string of the molecule is CC(C)(C(=O)O)n1cc(-c2c(C3CCOCC3)n(-c3ccc(F)cc3)c3cc4cn[nH]c4cc23)cn1.O=C(O)c1ccc(-c2c(C3CCOCC3)n(-c3ccc(F)cc3)c3cc4cn(C5O[C@H](C(=O)O)[C@@H](O)[C@H](O)[C@H]5O)nc4cc23)cc1.O=C(O)c1ccc(-c2c(C3CCOCC3)n(-c3ccc(F)cc3)c3cc4cnn(C5O[C@H](C(=O)O)[C@@H](O)[C@H](O)[C@H]5O)c4cc23)cc1. The van der Waals surface area contributed by atoms with Crippen LogP contribution in [0, 0.1) is 17.5 Å². The van der Waals surface area contributed by atoms with Crippen molar-refractivity contribution in [2.75, 3.05) is 39.6 Å². The number of rotatable bonds is 17. The number of ether oxygens (including phenoxy) is 5. The standard InChI is InChI=1S/2C33H30FN3O9.C27H26FN5O3/c34-20-5-7-21(8-6-20)37-24-13-19-15-36(31-29(40)27(38)28(39)30(46-31)33(43)44)35-23(19)14-22(24)25(26(37)17-9-11-45-12-10-17)16-1-3-18(4-2-16)32(41)42;34-20-5-7-21(8-6-20)36-24-13-19-15-35-37(31-29(40)27(38)28(39)30(46-31)33(43)44)23(19)14-22(24)25(26(36)17-9-11-45-12-10-17)16-1-3-18(4-2-16)32(41)42;1-27(2,26(34)35)32-15-18(14-30-32)24-21-12-22-17(13-29-31-22)11-23(21)33(20-5-3-19(28)4-6-20)25(24)16-7-9-36-10-8-16/h2*1-8,13-15,17,27-31,38-40H,9-12H2,(H,41,42)(H,43,44);3-6,11-16H,7-10H2,1-2H3,(H,29,31)(H,34,35)/t2*27-,28-,29+,30-,31?;/m00./s1. The molecule has 35 heteroatoms. The Labute approximate surface area is 723 Å². The van der Waals surface area contributed by atoms with E-state index in [4.69, 9.17) is 23.7 Å². The number of H-pyrrole nitrogens is 1. The van der Waals surface area contributed by atoms with Crippen LogP contribution in [0.15, 0.2) is 189 Å². The Bertz CT molecular complexity index is 6710. The quantitative estimate of drug-likeness (QED) is 0.0403. The largest absolute Gasteiger partial charge is 0.479 e. The van der Waals surface area contributed by atoms with E-state index >= 15 is 0 Å². The number of aliphatic hydroxyl groups is 6. The number of carboxylic acids is 5. The fourth-order valence-electron chi connectivity index (χ4n) is 18.3. The number of nitrogens with one attached hydrogen (secondary N) is 1. The molecular weight excluding hydrogens is 1660 g/mol. The van der Waals surface area contributed by atoms with Crippen molar-refractivity contribution < 1.29 is 117 Å². The summed E-state index contributed by atoms with van der Waals surface area (Å²) in [5.41, 5.74) is 13.6. The number of nitrogens with zero attached hydrogens (tertiary/aromatic N) is 10. The van der Waals surface area contributed by atoms with Crippen molar-refractivity contribution in [3.05, 3.63) is 234 Å². The van der Waals surface area contributed by atoms with Gasteiger partial charge in [-0.15, -0.1) is 0 Å². The number of benzene rings is 8. The van der Waals surface area contributed by atoms with E-state index < -0.39 is 96.7 Å². The number of halogens is 3. The first kappa shape index (κ1) is 85.5. The lowest BCUT2D eigenvalue weighted by molar-refractivity contribution is -0.249. The van der Waals surface area contributed by atoms with Crippen LogP contribution >= 0.6 is 0 Å². The highest BCUT2D eigenvalue weighted by atomic mass is 19.1. The van der Waals surface area contributed by atoms with Crippen LogP contribution < -0.4 is 0 Å². The number of aromatic carboxylic acids is 2. The van der Waals surface area contributed by atoms with E-state index in [-0.39, 0.29) is 46.3 Å². The summed E-state index contributed by atoms with van der Waals surface area (Å²) in [5, 5.41) is 136. The predicted molar refractivity (Wildman–Crippen MR) is 456 cm³/mol. The number of carboxylic acid groups (broad SMARTS) is 5. The third-order valence-electron chi connectivity index (χ3n) is 25.0. The van der Waals surface area contributed by atoms with Gasteiger partial charge >= 0.3 is 29.8 Å². The molecule has 5 saturated heterocycles. The fraction of sp³-hybridized carbons (Fsp3) is 0.301. The fourth-order valence-corrected chi connectivity index (χ4v) is 18.3. The Balaban J connectivity index is 0.000000131. The van der Waals surface area contributed by atoms with Gasteiger partial charge in [-0.2, -0.15) is 20.4 Å². The molecule has 8 aromatic carbocycles. The number of aromatic nitrogens is 11. The summed E-state index contributed by atoms with van der Waals surface area (Å²) in [6, 6.07) is 43.5. The molecule has 10 atom stereocenters. The minimum Gasteiger partial charge on any atom is -0.479 e. The first-order valence-electron chi connectivity index (χ1n) is 41.6. The second-order valence-electron chi connectivity index (χ2n) is 33.1. The summed E-state index contributed by atoms with van der Waals surface area (Å²) in [5.74, 6) is -6.88. The van der Waals surface area contributed by atoms with Crippen LogP contribution in [0.25, 0.3) is 116 Å². The lowest BCUT2D eigenvalue weighted by Crippen LogP contribution is -2.57. The monoisotopic (exact) mass is 1750 g/mol. The molecule has 0 amide bonds. The van der Waals surface area contributed by atoms with E-state index in [1.165, 1.54) is 68.8 Å². The molecule has 0 aliphatic carbocycles.